The van der Waals surface area contributed by atoms with E-state index in [1.54, 1.807) is 13.8 Å². The number of rotatable bonds is 6. The van der Waals surface area contributed by atoms with Gasteiger partial charge in [-0.1, -0.05) is 46.6 Å². The van der Waals surface area contributed by atoms with Crippen molar-refractivity contribution in [3.05, 3.63) is 0 Å². The van der Waals surface area contributed by atoms with Crippen molar-refractivity contribution in [3.63, 3.8) is 0 Å². The number of alkyl halides is 3. The summed E-state index contributed by atoms with van der Waals surface area (Å²) in [4.78, 5) is 22.0. The molecular formula is C11H14Cl3NO5S2. The van der Waals surface area contributed by atoms with Gasteiger partial charge in [0.05, 0.1) is 12.0 Å². The summed E-state index contributed by atoms with van der Waals surface area (Å²) >= 11 is 22.6. The molecule has 0 aromatic carbocycles. The molecule has 1 amide bonds. The second-order valence-electron chi connectivity index (χ2n) is 4.13. The Balaban J connectivity index is 2.49. The summed E-state index contributed by atoms with van der Waals surface area (Å²) < 4.78 is 15.1. The van der Waals surface area contributed by atoms with E-state index in [4.69, 9.17) is 56.5 Å². The first-order valence-corrected chi connectivity index (χ1v) is 8.79. The Morgan fingerprint density at radius 1 is 1.41 bits per heavy atom. The summed E-state index contributed by atoms with van der Waals surface area (Å²) in [7, 11) is 0. The molecule has 0 bridgehead atoms. The van der Waals surface area contributed by atoms with Gasteiger partial charge >= 0.3 is 6.16 Å². The molecule has 0 spiro atoms. The number of halogens is 3. The second-order valence-corrected chi connectivity index (χ2v) is 7.47. The van der Waals surface area contributed by atoms with Gasteiger partial charge in [0.15, 0.2) is 4.84 Å². The molecule has 0 aromatic heterocycles. The molecule has 4 atom stereocenters. The number of nitrogens with one attached hydrogen (secondary N) is 1. The smallest absolute Gasteiger partial charge is 0.479 e. The van der Waals surface area contributed by atoms with Gasteiger partial charge in [-0.3, -0.25) is 4.79 Å². The molecule has 0 radical (unpaired) electrons. The molecule has 1 fully saturated rings. The molecule has 0 saturated carbocycles. The lowest BCUT2D eigenvalue weighted by atomic mass is 9.96. The topological polar surface area (TPSA) is 73.9 Å². The molecule has 126 valence electrons. The van der Waals surface area contributed by atoms with Crippen LogP contribution in [0.1, 0.15) is 13.8 Å². The fourth-order valence-corrected chi connectivity index (χ4v) is 3.25. The third-order valence-electron chi connectivity index (χ3n) is 2.59. The molecule has 1 heterocycles. The zero-order valence-electron chi connectivity index (χ0n) is 11.6. The van der Waals surface area contributed by atoms with E-state index in [9.17, 15) is 9.59 Å². The van der Waals surface area contributed by atoms with Gasteiger partial charge in [0.2, 0.25) is 15.9 Å². The van der Waals surface area contributed by atoms with Crippen molar-refractivity contribution in [1.29, 1.82) is 0 Å². The average molecular weight is 411 g/mol. The Morgan fingerprint density at radius 2 is 2.05 bits per heavy atom. The van der Waals surface area contributed by atoms with Crippen molar-refractivity contribution in [3.8, 4) is 0 Å². The number of thiocarbonyl (C=S) groups is 1. The number of β-lactam (4-membered cyclic amide) rings is 1. The monoisotopic (exact) mass is 409 g/mol. The molecule has 6 nitrogen and oxygen atoms in total. The number of hydrogen-bond acceptors (Lipinski definition) is 7. The van der Waals surface area contributed by atoms with E-state index in [1.165, 1.54) is 11.8 Å². The fraction of sp³-hybridized carbons (Fsp3) is 0.727. The van der Waals surface area contributed by atoms with Crippen molar-refractivity contribution in [1.82, 2.24) is 5.32 Å². The predicted octanol–water partition coefficient (Wildman–Crippen LogP) is 3.02. The van der Waals surface area contributed by atoms with Gasteiger partial charge in [0.1, 0.15) is 12.0 Å². The molecule has 1 aliphatic rings. The maximum absolute atomic E-state index is 11.6. The van der Waals surface area contributed by atoms with Crippen molar-refractivity contribution in [2.24, 2.45) is 5.92 Å². The molecule has 0 aliphatic carbocycles. The molecule has 1 aliphatic heterocycles. The van der Waals surface area contributed by atoms with Gasteiger partial charge in [0.25, 0.3) is 0 Å². The van der Waals surface area contributed by atoms with E-state index in [0.717, 1.165) is 0 Å². The summed E-state index contributed by atoms with van der Waals surface area (Å²) in [6.07, 6.45) is -1.80. The third-order valence-corrected chi connectivity index (χ3v) is 5.03. The summed E-state index contributed by atoms with van der Waals surface area (Å²) in [6, 6.07) is 0. The number of ether oxygens (including phenoxy) is 3. The van der Waals surface area contributed by atoms with Crippen molar-refractivity contribution in [2.45, 2.75) is 35.7 Å². The van der Waals surface area contributed by atoms with E-state index >= 15 is 0 Å². The number of carbonyl (C=O) groups excluding carboxylic acids is 2. The largest absolute Gasteiger partial charge is 0.510 e. The van der Waals surface area contributed by atoms with Crippen LogP contribution in [0, 0.1) is 5.92 Å². The molecule has 22 heavy (non-hydrogen) atoms. The minimum Gasteiger partial charge on any atom is -0.479 e. The highest BCUT2D eigenvalue weighted by molar-refractivity contribution is 8.23. The third kappa shape index (κ3) is 5.81. The van der Waals surface area contributed by atoms with Crippen LogP contribution in [0.3, 0.4) is 0 Å². The molecule has 1 rings (SSSR count). The molecule has 0 aromatic rings. The maximum Gasteiger partial charge on any atom is 0.510 e. The van der Waals surface area contributed by atoms with E-state index < -0.39 is 28.6 Å². The van der Waals surface area contributed by atoms with E-state index in [-0.39, 0.29) is 11.3 Å². The van der Waals surface area contributed by atoms with Crippen LogP contribution in [-0.2, 0) is 19.0 Å². The van der Waals surface area contributed by atoms with Crippen LogP contribution in [0.2, 0.25) is 0 Å². The lowest BCUT2D eigenvalue weighted by Crippen LogP contribution is -2.61. The second kappa shape index (κ2) is 9.22. The Hall–Kier alpha value is -0.150. The predicted molar refractivity (Wildman–Crippen MR) is 89.4 cm³/mol. The number of hydrogen-bond donors (Lipinski definition) is 1. The van der Waals surface area contributed by atoms with Gasteiger partial charge in [-0.2, -0.15) is 0 Å². The number of amides is 1. The van der Waals surface area contributed by atoms with Crippen LogP contribution >= 0.6 is 58.8 Å². The highest BCUT2D eigenvalue weighted by Gasteiger charge is 2.46. The first-order valence-electron chi connectivity index (χ1n) is 6.19. The Kier molecular flexibility index (Phi) is 8.34. The number of carbonyl (C=O) groups is 2. The minimum atomic E-state index is -1.24. The van der Waals surface area contributed by atoms with Crippen LogP contribution in [0.5, 0.6) is 0 Å². The van der Waals surface area contributed by atoms with E-state index in [2.05, 4.69) is 10.1 Å². The molecule has 4 unspecified atom stereocenters. The lowest BCUT2D eigenvalue weighted by Gasteiger charge is -2.38. The minimum absolute atomic E-state index is 0.257. The van der Waals surface area contributed by atoms with Gasteiger partial charge in [-0.05, 0) is 26.1 Å². The quantitative estimate of drug-likeness (QED) is 0.312. The van der Waals surface area contributed by atoms with Gasteiger partial charge < -0.3 is 19.5 Å². The molecule has 1 saturated heterocycles. The van der Waals surface area contributed by atoms with Crippen molar-refractivity contribution >= 4 is 75.2 Å². The van der Waals surface area contributed by atoms with Crippen LogP contribution in [0.15, 0.2) is 0 Å². The van der Waals surface area contributed by atoms with Crippen LogP contribution in [0.25, 0.3) is 0 Å². The summed E-state index contributed by atoms with van der Waals surface area (Å²) in [5.74, 6) is -0.834. The highest BCUT2D eigenvalue weighted by atomic mass is 35.5. The molecule has 1 N–H and O–H groups in total. The van der Waals surface area contributed by atoms with Crippen LogP contribution < -0.4 is 5.32 Å². The molecular weight excluding hydrogens is 397 g/mol. The highest BCUT2D eigenvalue weighted by Crippen LogP contribution is 2.31. The first kappa shape index (κ1) is 19.9. The SMILES string of the molecule is CCOC(=S)SC1NC(=O)C1C(C)OC(=O)OC(Cl)C(Cl)Cl. The van der Waals surface area contributed by atoms with Crippen LogP contribution in [-0.4, -0.2) is 44.9 Å². The Bertz CT molecular complexity index is 440. The zero-order valence-corrected chi connectivity index (χ0v) is 15.5. The standard InChI is InChI=1S/C11H14Cl3NO5S2/c1-3-18-11(21)22-9-5(8(16)15-9)4(2)19-10(17)20-7(14)6(12)13/h4-7,9H,3H2,1-2H3,(H,15,16). The normalized spacial score (nSPS) is 23.1. The Morgan fingerprint density at radius 3 is 2.55 bits per heavy atom. The van der Waals surface area contributed by atoms with Crippen LogP contribution in [0.4, 0.5) is 4.79 Å². The summed E-state index contributed by atoms with van der Waals surface area (Å²) in [5, 5.41) is 2.31. The molecule has 11 heteroatoms. The van der Waals surface area contributed by atoms with Gasteiger partial charge in [-0.25, -0.2) is 4.79 Å². The average Bonchev–Trinajstić information content (AvgIpc) is 2.37. The zero-order chi connectivity index (χ0) is 16.9. The van der Waals surface area contributed by atoms with Gasteiger partial charge in [0, 0.05) is 0 Å². The van der Waals surface area contributed by atoms with E-state index in [1.807, 2.05) is 0 Å². The Labute approximate surface area is 152 Å². The van der Waals surface area contributed by atoms with Gasteiger partial charge in [-0.15, -0.1) is 0 Å². The number of thioether (sulfide) groups is 1. The maximum atomic E-state index is 11.6. The lowest BCUT2D eigenvalue weighted by molar-refractivity contribution is -0.137. The van der Waals surface area contributed by atoms with Crippen molar-refractivity contribution in [2.75, 3.05) is 6.61 Å². The summed E-state index contributed by atoms with van der Waals surface area (Å²) in [5.41, 5.74) is -1.24. The fourth-order valence-electron chi connectivity index (χ4n) is 1.58. The first-order chi connectivity index (χ1) is 10.3. The van der Waals surface area contributed by atoms with Crippen molar-refractivity contribution < 1.29 is 23.8 Å². The summed E-state index contributed by atoms with van der Waals surface area (Å²) in [6.45, 7) is 3.80. The van der Waals surface area contributed by atoms with E-state index in [0.29, 0.717) is 11.0 Å².